The second-order valence-electron chi connectivity index (χ2n) is 14.3. The van der Waals surface area contributed by atoms with E-state index in [4.69, 9.17) is 4.74 Å². The SMILES string of the molecule is Cc1cccc(C)c1-c1cc2nc(n1)NS(=O)(=O)c1cccc(c1)C(=O)N(Cc1ncc(N3CCC(C)(C)C3)cn1)[C@H](CC(C)(C)F)CO2. The van der Waals surface area contributed by atoms with E-state index in [1.807, 2.05) is 32.0 Å². The first-order valence-electron chi connectivity index (χ1n) is 16.3. The summed E-state index contributed by atoms with van der Waals surface area (Å²) in [6, 6.07) is 12.3. The lowest BCUT2D eigenvalue weighted by Crippen LogP contribution is -2.46. The van der Waals surface area contributed by atoms with Crippen LogP contribution in [0.4, 0.5) is 16.0 Å². The molecule has 4 aromatic rings. The lowest BCUT2D eigenvalue weighted by molar-refractivity contribution is 0.0445. The average molecular weight is 688 g/mol. The van der Waals surface area contributed by atoms with E-state index in [9.17, 15) is 13.2 Å². The molecule has 13 heteroatoms. The highest BCUT2D eigenvalue weighted by Gasteiger charge is 2.34. The van der Waals surface area contributed by atoms with Gasteiger partial charge in [-0.15, -0.1) is 0 Å². The zero-order valence-electron chi connectivity index (χ0n) is 28.7. The predicted octanol–water partition coefficient (Wildman–Crippen LogP) is 6.13. The molecule has 0 radical (unpaired) electrons. The number of aromatic nitrogens is 4. The number of benzene rings is 2. The lowest BCUT2D eigenvalue weighted by atomic mass is 9.93. The number of carbonyl (C=O) groups is 1. The Labute approximate surface area is 287 Å². The Balaban J connectivity index is 1.43. The Morgan fingerprint density at radius 1 is 1.04 bits per heavy atom. The van der Waals surface area contributed by atoms with E-state index in [0.717, 1.165) is 41.9 Å². The van der Waals surface area contributed by atoms with Crippen molar-refractivity contribution in [3.8, 4) is 17.1 Å². The van der Waals surface area contributed by atoms with E-state index in [-0.39, 0.29) is 47.3 Å². The number of fused-ring (bicyclic) bond motifs is 4. The zero-order chi connectivity index (χ0) is 35.1. The number of ether oxygens (including phenoxy) is 1. The van der Waals surface area contributed by atoms with Gasteiger partial charge in [0.05, 0.1) is 41.3 Å². The van der Waals surface area contributed by atoms with Crippen LogP contribution in [0.25, 0.3) is 11.3 Å². The third kappa shape index (κ3) is 7.82. The number of halogens is 1. The summed E-state index contributed by atoms with van der Waals surface area (Å²) in [5.41, 5.74) is 2.60. The van der Waals surface area contributed by atoms with Crippen molar-refractivity contribution in [2.24, 2.45) is 5.41 Å². The molecule has 258 valence electrons. The maximum absolute atomic E-state index is 15.5. The number of sulfonamides is 1. The molecule has 1 amide bonds. The average Bonchev–Trinajstić information content (AvgIpc) is 3.40. The molecule has 1 saturated heterocycles. The zero-order valence-corrected chi connectivity index (χ0v) is 29.5. The summed E-state index contributed by atoms with van der Waals surface area (Å²) in [6.45, 7) is 12.8. The summed E-state index contributed by atoms with van der Waals surface area (Å²) >= 11 is 0. The summed E-state index contributed by atoms with van der Waals surface area (Å²) in [5, 5.41) is 0. The number of nitrogens with zero attached hydrogens (tertiary/aromatic N) is 6. The van der Waals surface area contributed by atoms with Crippen LogP contribution in [0.15, 0.2) is 65.8 Å². The minimum atomic E-state index is -4.23. The fourth-order valence-corrected chi connectivity index (χ4v) is 7.47. The van der Waals surface area contributed by atoms with Gasteiger partial charge in [0.15, 0.2) is 0 Å². The van der Waals surface area contributed by atoms with Crippen molar-refractivity contribution in [3.05, 3.63) is 83.4 Å². The minimum absolute atomic E-state index is 0.0629. The highest BCUT2D eigenvalue weighted by atomic mass is 32.2. The van der Waals surface area contributed by atoms with Gasteiger partial charge in [0.1, 0.15) is 18.1 Å². The number of alkyl halides is 1. The molecule has 0 saturated carbocycles. The number of anilines is 2. The summed E-state index contributed by atoms with van der Waals surface area (Å²) < 4.78 is 51.4. The van der Waals surface area contributed by atoms with Crippen molar-refractivity contribution < 1.29 is 22.3 Å². The fourth-order valence-electron chi connectivity index (χ4n) is 6.48. The van der Waals surface area contributed by atoms with Crippen molar-refractivity contribution in [1.29, 1.82) is 0 Å². The molecule has 0 unspecified atom stereocenters. The van der Waals surface area contributed by atoms with Crippen LogP contribution in [-0.4, -0.2) is 70.6 Å². The van der Waals surface area contributed by atoms with Crippen LogP contribution >= 0.6 is 0 Å². The molecular weight excluding hydrogens is 646 g/mol. The molecule has 2 aromatic heterocycles. The van der Waals surface area contributed by atoms with Crippen molar-refractivity contribution in [3.63, 3.8) is 0 Å². The molecule has 0 spiro atoms. The number of hydrogen-bond donors (Lipinski definition) is 1. The van der Waals surface area contributed by atoms with Crippen LogP contribution in [0.2, 0.25) is 0 Å². The first kappa shape index (κ1) is 34.2. The quantitative estimate of drug-likeness (QED) is 0.254. The molecule has 1 fully saturated rings. The van der Waals surface area contributed by atoms with Crippen LogP contribution in [0.5, 0.6) is 5.88 Å². The second kappa shape index (κ2) is 13.0. The Bertz CT molecular complexity index is 1960. The number of hydrogen-bond acceptors (Lipinski definition) is 9. The molecule has 4 heterocycles. The number of aryl methyl sites for hydroxylation is 2. The van der Waals surface area contributed by atoms with Gasteiger partial charge >= 0.3 is 0 Å². The Kier molecular flexibility index (Phi) is 9.08. The van der Waals surface area contributed by atoms with Gasteiger partial charge in [0.2, 0.25) is 11.8 Å². The van der Waals surface area contributed by atoms with E-state index in [1.165, 1.54) is 43.0 Å². The summed E-state index contributed by atoms with van der Waals surface area (Å²) in [6.07, 6.45) is 4.46. The van der Waals surface area contributed by atoms with E-state index < -0.39 is 27.6 Å². The van der Waals surface area contributed by atoms with Gasteiger partial charge < -0.3 is 14.5 Å². The van der Waals surface area contributed by atoms with Gasteiger partial charge in [-0.2, -0.15) is 4.98 Å². The molecule has 2 aliphatic heterocycles. The topological polar surface area (TPSA) is 131 Å². The van der Waals surface area contributed by atoms with Crippen molar-refractivity contribution in [2.75, 3.05) is 29.3 Å². The summed E-state index contributed by atoms with van der Waals surface area (Å²) in [4.78, 5) is 36.0. The number of rotatable bonds is 6. The van der Waals surface area contributed by atoms with Crippen LogP contribution < -0.4 is 14.4 Å². The number of carbonyl (C=O) groups excluding carboxylic acids is 1. The molecule has 2 aromatic carbocycles. The Morgan fingerprint density at radius 3 is 2.39 bits per heavy atom. The normalized spacial score (nSPS) is 18.9. The summed E-state index contributed by atoms with van der Waals surface area (Å²) in [7, 11) is -4.23. The Hall–Kier alpha value is -4.65. The lowest BCUT2D eigenvalue weighted by Gasteiger charge is -2.34. The minimum Gasteiger partial charge on any atom is -0.475 e. The highest BCUT2D eigenvalue weighted by Crippen LogP contribution is 2.33. The van der Waals surface area contributed by atoms with Crippen molar-refractivity contribution in [2.45, 2.75) is 77.5 Å². The molecule has 6 rings (SSSR count). The Morgan fingerprint density at radius 2 is 1.73 bits per heavy atom. The second-order valence-corrected chi connectivity index (χ2v) is 16.0. The highest BCUT2D eigenvalue weighted by molar-refractivity contribution is 7.92. The maximum Gasteiger partial charge on any atom is 0.264 e. The van der Waals surface area contributed by atoms with Crippen LogP contribution in [0, 0.1) is 19.3 Å². The first-order chi connectivity index (χ1) is 23.1. The molecular formula is C36H42FN7O4S. The molecule has 2 aliphatic rings. The van der Waals surface area contributed by atoms with E-state index in [2.05, 4.69) is 43.4 Å². The predicted molar refractivity (Wildman–Crippen MR) is 186 cm³/mol. The maximum atomic E-state index is 15.5. The standard InChI is InChI=1S/C36H42FN7O4S/c1-23-9-7-10-24(2)32(23)29-16-31-41-34(40-29)42-49(46,47)28-12-8-11-25(15-28)33(45)44(26(21-48-31)17-36(5,6)37)20-30-38-18-27(19-39-30)43-14-13-35(3,4)22-43/h7-12,15-16,18-19,26H,13-14,17,20-22H2,1-6H3,(H,40,41,42)/t26-/m1/s1. The van der Waals surface area contributed by atoms with Gasteiger partial charge in [0, 0.05) is 36.7 Å². The van der Waals surface area contributed by atoms with E-state index in [0.29, 0.717) is 11.5 Å². The van der Waals surface area contributed by atoms with Crippen LogP contribution in [0.1, 0.15) is 67.8 Å². The van der Waals surface area contributed by atoms with Gasteiger partial charge in [0.25, 0.3) is 15.9 Å². The van der Waals surface area contributed by atoms with Crippen molar-refractivity contribution in [1.82, 2.24) is 24.8 Å². The molecule has 0 aliphatic carbocycles. The monoisotopic (exact) mass is 687 g/mol. The van der Waals surface area contributed by atoms with E-state index in [1.54, 1.807) is 18.5 Å². The van der Waals surface area contributed by atoms with Gasteiger partial charge in [-0.25, -0.2) is 32.5 Å². The molecule has 49 heavy (non-hydrogen) atoms. The third-order valence-corrected chi connectivity index (χ3v) is 10.3. The van der Waals surface area contributed by atoms with Crippen molar-refractivity contribution >= 4 is 27.6 Å². The van der Waals surface area contributed by atoms with Gasteiger partial charge in [-0.1, -0.05) is 38.1 Å². The molecule has 1 atom stereocenters. The third-order valence-electron chi connectivity index (χ3n) is 8.95. The number of amides is 1. The first-order valence-corrected chi connectivity index (χ1v) is 17.8. The van der Waals surface area contributed by atoms with Gasteiger partial charge in [-0.3, -0.25) is 4.79 Å². The number of nitrogens with one attached hydrogen (secondary N) is 1. The van der Waals surface area contributed by atoms with Crippen LogP contribution in [-0.2, 0) is 16.6 Å². The van der Waals surface area contributed by atoms with E-state index >= 15 is 4.39 Å². The molecule has 4 bridgehead atoms. The van der Waals surface area contributed by atoms with Gasteiger partial charge in [-0.05, 0) is 68.9 Å². The molecule has 11 nitrogen and oxygen atoms in total. The fraction of sp³-hybridized carbons (Fsp3) is 0.417. The molecule has 1 N–H and O–H groups in total. The van der Waals surface area contributed by atoms with Crippen LogP contribution in [0.3, 0.4) is 0 Å². The smallest absolute Gasteiger partial charge is 0.264 e. The summed E-state index contributed by atoms with van der Waals surface area (Å²) in [5.74, 6) is -0.287. The largest absolute Gasteiger partial charge is 0.475 e.